The van der Waals surface area contributed by atoms with Crippen LogP contribution in [0.25, 0.3) is 0 Å². The zero-order valence-corrected chi connectivity index (χ0v) is 9.76. The molecule has 0 aliphatic heterocycles. The lowest BCUT2D eigenvalue weighted by molar-refractivity contribution is 0.0952. The topological polar surface area (TPSA) is 46.9 Å². The van der Waals surface area contributed by atoms with Crippen LogP contribution in [0, 0.1) is 6.92 Å². The standard InChI is InChI=1S/C13H15N3O/c1-11-4-2-5-12(10-11)13(17)14-7-9-16-8-3-6-15-16/h2-6,8,10H,7,9H2,1H3,(H,14,17). The van der Waals surface area contributed by atoms with Gasteiger partial charge in [0.25, 0.3) is 5.91 Å². The number of nitrogens with zero attached hydrogens (tertiary/aromatic N) is 2. The molecule has 17 heavy (non-hydrogen) atoms. The highest BCUT2D eigenvalue weighted by atomic mass is 16.1. The summed E-state index contributed by atoms with van der Waals surface area (Å²) in [5, 5.41) is 6.93. The van der Waals surface area contributed by atoms with Crippen molar-refractivity contribution < 1.29 is 4.79 Å². The van der Waals surface area contributed by atoms with Gasteiger partial charge in [-0.05, 0) is 25.1 Å². The smallest absolute Gasteiger partial charge is 0.251 e. The molecule has 0 saturated carbocycles. The van der Waals surface area contributed by atoms with E-state index in [0.717, 1.165) is 5.56 Å². The number of benzene rings is 1. The first-order valence-corrected chi connectivity index (χ1v) is 5.58. The van der Waals surface area contributed by atoms with Crippen molar-refractivity contribution >= 4 is 5.91 Å². The van der Waals surface area contributed by atoms with E-state index in [1.807, 2.05) is 43.5 Å². The summed E-state index contributed by atoms with van der Waals surface area (Å²) in [4.78, 5) is 11.8. The van der Waals surface area contributed by atoms with Gasteiger partial charge in [-0.25, -0.2) is 0 Å². The molecular formula is C13H15N3O. The first kappa shape index (κ1) is 11.4. The summed E-state index contributed by atoms with van der Waals surface area (Å²) in [6.07, 6.45) is 3.60. The predicted molar refractivity (Wildman–Crippen MR) is 65.7 cm³/mol. The Morgan fingerprint density at radius 1 is 1.41 bits per heavy atom. The fourth-order valence-corrected chi connectivity index (χ4v) is 1.61. The molecule has 0 aliphatic rings. The number of nitrogens with one attached hydrogen (secondary N) is 1. The van der Waals surface area contributed by atoms with Crippen LogP contribution in [-0.4, -0.2) is 22.2 Å². The Balaban J connectivity index is 1.85. The first-order valence-electron chi connectivity index (χ1n) is 5.58. The third-order valence-electron chi connectivity index (χ3n) is 2.47. The molecule has 0 fully saturated rings. The highest BCUT2D eigenvalue weighted by Gasteiger charge is 2.04. The molecule has 4 nitrogen and oxygen atoms in total. The van der Waals surface area contributed by atoms with E-state index < -0.39 is 0 Å². The van der Waals surface area contributed by atoms with Gasteiger partial charge in [-0.3, -0.25) is 9.48 Å². The van der Waals surface area contributed by atoms with Crippen LogP contribution < -0.4 is 5.32 Å². The Morgan fingerprint density at radius 2 is 2.29 bits per heavy atom. The molecule has 1 aromatic carbocycles. The summed E-state index contributed by atoms with van der Waals surface area (Å²) in [5.41, 5.74) is 1.79. The van der Waals surface area contributed by atoms with E-state index in [1.54, 1.807) is 10.9 Å². The van der Waals surface area contributed by atoms with E-state index in [-0.39, 0.29) is 5.91 Å². The number of carbonyl (C=O) groups excluding carboxylic acids is 1. The highest BCUT2D eigenvalue weighted by molar-refractivity contribution is 5.94. The van der Waals surface area contributed by atoms with Gasteiger partial charge in [-0.1, -0.05) is 17.7 Å². The Labute approximate surface area is 100 Å². The molecule has 2 rings (SSSR count). The molecule has 2 aromatic rings. The second kappa shape index (κ2) is 5.30. The van der Waals surface area contributed by atoms with E-state index in [2.05, 4.69) is 10.4 Å². The van der Waals surface area contributed by atoms with Crippen molar-refractivity contribution in [1.82, 2.24) is 15.1 Å². The zero-order valence-electron chi connectivity index (χ0n) is 9.76. The van der Waals surface area contributed by atoms with Crippen LogP contribution in [0.1, 0.15) is 15.9 Å². The van der Waals surface area contributed by atoms with Gasteiger partial charge < -0.3 is 5.32 Å². The van der Waals surface area contributed by atoms with Gasteiger partial charge in [0, 0.05) is 24.5 Å². The summed E-state index contributed by atoms with van der Waals surface area (Å²) < 4.78 is 1.79. The monoisotopic (exact) mass is 229 g/mol. The Morgan fingerprint density at radius 3 is 3.00 bits per heavy atom. The van der Waals surface area contributed by atoms with Crippen molar-refractivity contribution in [2.75, 3.05) is 6.54 Å². The lowest BCUT2D eigenvalue weighted by Gasteiger charge is -2.06. The molecule has 1 N–H and O–H groups in total. The van der Waals surface area contributed by atoms with Crippen LogP contribution in [0.3, 0.4) is 0 Å². The maximum absolute atomic E-state index is 11.8. The molecule has 0 radical (unpaired) electrons. The number of rotatable bonds is 4. The maximum atomic E-state index is 11.8. The average molecular weight is 229 g/mol. The fourth-order valence-electron chi connectivity index (χ4n) is 1.61. The summed E-state index contributed by atoms with van der Waals surface area (Å²) in [6, 6.07) is 9.42. The first-order chi connectivity index (χ1) is 8.25. The van der Waals surface area contributed by atoms with E-state index in [1.165, 1.54) is 0 Å². The molecule has 0 spiro atoms. The molecule has 1 amide bonds. The zero-order chi connectivity index (χ0) is 12.1. The summed E-state index contributed by atoms with van der Waals surface area (Å²) in [7, 11) is 0. The third-order valence-corrected chi connectivity index (χ3v) is 2.47. The normalized spacial score (nSPS) is 10.2. The molecule has 88 valence electrons. The Hall–Kier alpha value is -2.10. The Bertz CT molecular complexity index is 491. The van der Waals surface area contributed by atoms with Gasteiger partial charge in [0.1, 0.15) is 0 Å². The molecule has 1 aromatic heterocycles. The lowest BCUT2D eigenvalue weighted by Crippen LogP contribution is -2.27. The van der Waals surface area contributed by atoms with E-state index in [9.17, 15) is 4.79 Å². The molecule has 0 unspecified atom stereocenters. The minimum Gasteiger partial charge on any atom is -0.350 e. The van der Waals surface area contributed by atoms with Gasteiger partial charge in [-0.15, -0.1) is 0 Å². The average Bonchev–Trinajstić information content (AvgIpc) is 2.82. The summed E-state index contributed by atoms with van der Waals surface area (Å²) >= 11 is 0. The van der Waals surface area contributed by atoms with E-state index in [4.69, 9.17) is 0 Å². The number of aromatic nitrogens is 2. The number of aryl methyl sites for hydroxylation is 1. The SMILES string of the molecule is Cc1cccc(C(=O)NCCn2cccn2)c1. The van der Waals surface area contributed by atoms with Crippen LogP contribution in [0.4, 0.5) is 0 Å². The molecule has 0 bridgehead atoms. The van der Waals surface area contributed by atoms with Crippen molar-refractivity contribution in [3.8, 4) is 0 Å². The molecule has 4 heteroatoms. The minimum atomic E-state index is -0.0409. The van der Waals surface area contributed by atoms with Crippen molar-refractivity contribution in [3.63, 3.8) is 0 Å². The number of amides is 1. The molecular weight excluding hydrogens is 214 g/mol. The fraction of sp³-hybridized carbons (Fsp3) is 0.231. The maximum Gasteiger partial charge on any atom is 0.251 e. The van der Waals surface area contributed by atoms with Crippen molar-refractivity contribution in [1.29, 1.82) is 0 Å². The van der Waals surface area contributed by atoms with Crippen LogP contribution in [0.15, 0.2) is 42.7 Å². The van der Waals surface area contributed by atoms with Gasteiger partial charge in [-0.2, -0.15) is 5.10 Å². The largest absolute Gasteiger partial charge is 0.350 e. The molecule has 0 aliphatic carbocycles. The van der Waals surface area contributed by atoms with Crippen LogP contribution in [-0.2, 0) is 6.54 Å². The number of hydrogen-bond donors (Lipinski definition) is 1. The summed E-state index contributed by atoms with van der Waals surface area (Å²) in [5.74, 6) is -0.0409. The molecule has 1 heterocycles. The van der Waals surface area contributed by atoms with Gasteiger partial charge >= 0.3 is 0 Å². The van der Waals surface area contributed by atoms with Crippen molar-refractivity contribution in [2.45, 2.75) is 13.5 Å². The second-order valence-corrected chi connectivity index (χ2v) is 3.89. The van der Waals surface area contributed by atoms with E-state index >= 15 is 0 Å². The van der Waals surface area contributed by atoms with Crippen molar-refractivity contribution in [3.05, 3.63) is 53.9 Å². The lowest BCUT2D eigenvalue weighted by atomic mass is 10.1. The van der Waals surface area contributed by atoms with Crippen LogP contribution in [0.5, 0.6) is 0 Å². The van der Waals surface area contributed by atoms with Gasteiger partial charge in [0.15, 0.2) is 0 Å². The minimum absolute atomic E-state index is 0.0409. The molecule has 0 atom stereocenters. The third kappa shape index (κ3) is 3.17. The summed E-state index contributed by atoms with van der Waals surface area (Å²) in [6.45, 7) is 3.24. The van der Waals surface area contributed by atoms with Gasteiger partial charge in [0.2, 0.25) is 0 Å². The van der Waals surface area contributed by atoms with E-state index in [0.29, 0.717) is 18.7 Å². The van der Waals surface area contributed by atoms with Crippen molar-refractivity contribution in [2.24, 2.45) is 0 Å². The van der Waals surface area contributed by atoms with Crippen LogP contribution >= 0.6 is 0 Å². The van der Waals surface area contributed by atoms with Crippen LogP contribution in [0.2, 0.25) is 0 Å². The predicted octanol–water partition coefficient (Wildman–Crippen LogP) is 1.62. The molecule has 0 saturated heterocycles. The van der Waals surface area contributed by atoms with Gasteiger partial charge in [0.05, 0.1) is 6.54 Å². The second-order valence-electron chi connectivity index (χ2n) is 3.89. The number of carbonyl (C=O) groups is 1. The highest BCUT2D eigenvalue weighted by Crippen LogP contribution is 2.03. The Kier molecular flexibility index (Phi) is 3.55. The quantitative estimate of drug-likeness (QED) is 0.866. The number of hydrogen-bond acceptors (Lipinski definition) is 2.